The molecule has 0 aliphatic rings. The number of hydrogen-bond acceptors (Lipinski definition) is 5. The lowest BCUT2D eigenvalue weighted by molar-refractivity contribution is 0.354. The number of imidazole rings is 1. The lowest BCUT2D eigenvalue weighted by Gasteiger charge is -2.11. The van der Waals surface area contributed by atoms with E-state index < -0.39 is 0 Å². The van der Waals surface area contributed by atoms with Gasteiger partial charge >= 0.3 is 0 Å². The zero-order valence-electron chi connectivity index (χ0n) is 12.0. The van der Waals surface area contributed by atoms with Crippen molar-refractivity contribution >= 4 is 23.0 Å². The molecule has 2 aromatic heterocycles. The van der Waals surface area contributed by atoms with Gasteiger partial charge in [0.1, 0.15) is 0 Å². The SMILES string of the molecule is COc1ccnc(-c2nc3ccccc3n2SC)c1OC. The number of fused-ring (bicyclic) bond motifs is 1. The van der Waals surface area contributed by atoms with Crippen LogP contribution in [-0.4, -0.2) is 34.4 Å². The number of aromatic nitrogens is 3. The van der Waals surface area contributed by atoms with Crippen LogP contribution in [-0.2, 0) is 0 Å². The van der Waals surface area contributed by atoms with Gasteiger partial charge in [-0.25, -0.2) is 9.97 Å². The van der Waals surface area contributed by atoms with E-state index in [4.69, 9.17) is 9.47 Å². The van der Waals surface area contributed by atoms with Gasteiger partial charge in [0, 0.05) is 18.5 Å². The molecule has 0 fully saturated rings. The molecule has 0 spiro atoms. The molecule has 0 saturated carbocycles. The summed E-state index contributed by atoms with van der Waals surface area (Å²) in [5.74, 6) is 1.98. The first kappa shape index (κ1) is 13.8. The number of methoxy groups -OCH3 is 2. The van der Waals surface area contributed by atoms with Gasteiger partial charge in [-0.2, -0.15) is 0 Å². The minimum Gasteiger partial charge on any atom is -0.493 e. The monoisotopic (exact) mass is 301 g/mol. The van der Waals surface area contributed by atoms with Crippen molar-refractivity contribution in [1.29, 1.82) is 0 Å². The summed E-state index contributed by atoms with van der Waals surface area (Å²) in [6.07, 6.45) is 3.70. The first-order valence-electron chi connectivity index (χ1n) is 6.39. The third-order valence-electron chi connectivity index (χ3n) is 3.21. The fourth-order valence-corrected chi connectivity index (χ4v) is 2.94. The maximum atomic E-state index is 5.47. The van der Waals surface area contributed by atoms with E-state index in [1.54, 1.807) is 38.4 Å². The molecule has 0 atom stereocenters. The molecule has 5 nitrogen and oxygen atoms in total. The van der Waals surface area contributed by atoms with Crippen LogP contribution in [0.2, 0.25) is 0 Å². The number of nitrogens with zero attached hydrogens (tertiary/aromatic N) is 3. The summed E-state index contributed by atoms with van der Waals surface area (Å²) in [6.45, 7) is 0. The average molecular weight is 301 g/mol. The predicted octanol–water partition coefficient (Wildman–Crippen LogP) is 3.24. The third-order valence-corrected chi connectivity index (χ3v) is 3.94. The summed E-state index contributed by atoms with van der Waals surface area (Å²) in [5, 5.41) is 0. The fourth-order valence-electron chi connectivity index (χ4n) is 2.29. The van der Waals surface area contributed by atoms with Crippen molar-refractivity contribution in [2.45, 2.75) is 0 Å². The molecule has 21 heavy (non-hydrogen) atoms. The second-order valence-electron chi connectivity index (χ2n) is 4.30. The van der Waals surface area contributed by atoms with Crippen molar-refractivity contribution in [2.24, 2.45) is 0 Å². The summed E-state index contributed by atoms with van der Waals surface area (Å²) in [5.41, 5.74) is 2.64. The Kier molecular flexibility index (Phi) is 3.70. The van der Waals surface area contributed by atoms with Gasteiger partial charge in [0.05, 0.1) is 25.3 Å². The van der Waals surface area contributed by atoms with Crippen molar-refractivity contribution in [1.82, 2.24) is 13.9 Å². The normalized spacial score (nSPS) is 10.8. The van der Waals surface area contributed by atoms with E-state index in [9.17, 15) is 0 Å². The molecular formula is C15H15N3O2S. The highest BCUT2D eigenvalue weighted by atomic mass is 32.2. The van der Waals surface area contributed by atoms with Crippen LogP contribution < -0.4 is 9.47 Å². The number of hydrogen-bond donors (Lipinski definition) is 0. The minimum atomic E-state index is 0.589. The van der Waals surface area contributed by atoms with Crippen molar-refractivity contribution in [3.63, 3.8) is 0 Å². The maximum absolute atomic E-state index is 5.47. The Morgan fingerprint density at radius 1 is 1.10 bits per heavy atom. The predicted molar refractivity (Wildman–Crippen MR) is 85.0 cm³/mol. The topological polar surface area (TPSA) is 49.2 Å². The molecule has 1 aromatic carbocycles. The molecule has 0 aliphatic carbocycles. The van der Waals surface area contributed by atoms with Crippen molar-refractivity contribution in [2.75, 3.05) is 20.5 Å². The molecule has 0 saturated heterocycles. The number of ether oxygens (including phenoxy) is 2. The van der Waals surface area contributed by atoms with E-state index in [1.165, 1.54) is 0 Å². The Bertz CT molecular complexity index is 786. The van der Waals surface area contributed by atoms with E-state index in [-0.39, 0.29) is 0 Å². The lowest BCUT2D eigenvalue weighted by Crippen LogP contribution is -1.99. The average Bonchev–Trinajstić information content (AvgIpc) is 2.92. The Balaban J connectivity index is 2.30. The molecule has 108 valence electrons. The second-order valence-corrected chi connectivity index (χ2v) is 5.03. The quantitative estimate of drug-likeness (QED) is 0.740. The van der Waals surface area contributed by atoms with Crippen LogP contribution in [0.15, 0.2) is 36.5 Å². The van der Waals surface area contributed by atoms with Gasteiger partial charge < -0.3 is 9.47 Å². The van der Waals surface area contributed by atoms with E-state index >= 15 is 0 Å². The van der Waals surface area contributed by atoms with Gasteiger partial charge in [0.25, 0.3) is 0 Å². The van der Waals surface area contributed by atoms with E-state index in [1.807, 2.05) is 34.5 Å². The Labute approximate surface area is 127 Å². The number of para-hydroxylation sites is 2. The smallest absolute Gasteiger partial charge is 0.190 e. The van der Waals surface area contributed by atoms with Crippen LogP contribution in [0.1, 0.15) is 0 Å². The van der Waals surface area contributed by atoms with Crippen molar-refractivity contribution in [3.05, 3.63) is 36.5 Å². The first-order valence-corrected chi connectivity index (χ1v) is 7.57. The van der Waals surface area contributed by atoms with Crippen LogP contribution in [0.3, 0.4) is 0 Å². The maximum Gasteiger partial charge on any atom is 0.190 e. The van der Waals surface area contributed by atoms with Crippen LogP contribution in [0.4, 0.5) is 0 Å². The fraction of sp³-hybridized carbons (Fsp3) is 0.200. The van der Waals surface area contributed by atoms with Crippen LogP contribution in [0.25, 0.3) is 22.6 Å². The summed E-state index contributed by atoms with van der Waals surface area (Å²) >= 11 is 1.58. The highest BCUT2D eigenvalue weighted by molar-refractivity contribution is 7.97. The number of pyridine rings is 1. The molecular weight excluding hydrogens is 286 g/mol. The third kappa shape index (κ3) is 2.21. The van der Waals surface area contributed by atoms with E-state index in [2.05, 4.69) is 9.97 Å². The summed E-state index contributed by atoms with van der Waals surface area (Å²) < 4.78 is 12.8. The Morgan fingerprint density at radius 2 is 1.90 bits per heavy atom. The first-order chi connectivity index (χ1) is 10.3. The second kappa shape index (κ2) is 5.65. The summed E-state index contributed by atoms with van der Waals surface area (Å²) in [6, 6.07) is 9.76. The molecule has 2 heterocycles. The molecule has 0 amide bonds. The lowest BCUT2D eigenvalue weighted by atomic mass is 10.3. The highest BCUT2D eigenvalue weighted by Crippen LogP contribution is 2.37. The number of benzene rings is 1. The summed E-state index contributed by atoms with van der Waals surface area (Å²) in [4.78, 5) is 9.11. The zero-order chi connectivity index (χ0) is 14.8. The minimum absolute atomic E-state index is 0.589. The van der Waals surface area contributed by atoms with Crippen molar-refractivity contribution in [3.8, 4) is 23.0 Å². The van der Waals surface area contributed by atoms with Gasteiger partial charge in [-0.05, 0) is 24.1 Å². The standard InChI is InChI=1S/C15H15N3O2S/c1-19-12-8-9-16-13(14(12)20-2)15-17-10-6-4-5-7-11(10)18(15)21-3/h4-9H,1-3H3. The number of rotatable bonds is 4. The molecule has 0 bridgehead atoms. The van der Waals surface area contributed by atoms with Crippen LogP contribution in [0.5, 0.6) is 11.5 Å². The van der Waals surface area contributed by atoms with Gasteiger partial charge in [0.2, 0.25) is 0 Å². The Hall–Kier alpha value is -2.21. The van der Waals surface area contributed by atoms with Crippen molar-refractivity contribution < 1.29 is 9.47 Å². The Morgan fingerprint density at radius 3 is 2.62 bits per heavy atom. The van der Waals surface area contributed by atoms with Crippen LogP contribution >= 0.6 is 11.9 Å². The highest BCUT2D eigenvalue weighted by Gasteiger charge is 2.20. The summed E-state index contributed by atoms with van der Waals surface area (Å²) in [7, 11) is 3.22. The largest absolute Gasteiger partial charge is 0.493 e. The molecule has 0 radical (unpaired) electrons. The zero-order valence-corrected chi connectivity index (χ0v) is 12.8. The van der Waals surface area contributed by atoms with E-state index in [0.717, 1.165) is 16.9 Å². The van der Waals surface area contributed by atoms with Crippen LogP contribution in [0, 0.1) is 0 Å². The molecule has 0 unspecified atom stereocenters. The molecule has 0 N–H and O–H groups in total. The molecule has 3 aromatic rings. The van der Waals surface area contributed by atoms with Gasteiger partial charge in [-0.3, -0.25) is 3.97 Å². The van der Waals surface area contributed by atoms with Gasteiger partial charge in [0.15, 0.2) is 23.0 Å². The molecule has 0 aliphatic heterocycles. The van der Waals surface area contributed by atoms with E-state index in [0.29, 0.717) is 17.2 Å². The molecule has 3 rings (SSSR count). The molecule has 6 heteroatoms. The van der Waals surface area contributed by atoms with Gasteiger partial charge in [-0.1, -0.05) is 12.1 Å². The van der Waals surface area contributed by atoms with Gasteiger partial charge in [-0.15, -0.1) is 0 Å².